The zero-order valence-electron chi connectivity index (χ0n) is 11.8. The van der Waals surface area contributed by atoms with Gasteiger partial charge in [-0.3, -0.25) is 0 Å². The monoisotopic (exact) mass is 234 g/mol. The Kier molecular flexibility index (Phi) is 5.01. The van der Waals surface area contributed by atoms with E-state index in [0.29, 0.717) is 5.92 Å². The van der Waals surface area contributed by atoms with Crippen molar-refractivity contribution in [3.63, 3.8) is 0 Å². The van der Waals surface area contributed by atoms with Gasteiger partial charge in [-0.15, -0.1) is 0 Å². The Morgan fingerprint density at radius 3 is 2.06 bits per heavy atom. The van der Waals surface area contributed by atoms with Gasteiger partial charge >= 0.3 is 0 Å². The average Bonchev–Trinajstić information content (AvgIpc) is 2.24. The maximum Gasteiger partial charge on any atom is 0.0340 e. The van der Waals surface area contributed by atoms with E-state index in [0.717, 1.165) is 13.1 Å². The van der Waals surface area contributed by atoms with Crippen molar-refractivity contribution in [2.45, 2.75) is 46.1 Å². The normalized spacial score (nSPS) is 11.9. The largest absolute Gasteiger partial charge is 0.384 e. The van der Waals surface area contributed by atoms with Gasteiger partial charge in [-0.2, -0.15) is 0 Å². The van der Waals surface area contributed by atoms with E-state index in [9.17, 15) is 0 Å². The second-order valence-electron chi connectivity index (χ2n) is 5.88. The second kappa shape index (κ2) is 6.06. The van der Waals surface area contributed by atoms with Crippen molar-refractivity contribution in [3.05, 3.63) is 29.8 Å². The summed E-state index contributed by atoms with van der Waals surface area (Å²) in [5.41, 5.74) is 2.79. The van der Waals surface area contributed by atoms with Gasteiger partial charge in [0.1, 0.15) is 0 Å². The van der Waals surface area contributed by atoms with Crippen LogP contribution in [0.5, 0.6) is 0 Å². The predicted molar refractivity (Wildman–Crippen MR) is 76.8 cm³/mol. The van der Waals surface area contributed by atoms with E-state index in [1.165, 1.54) is 11.3 Å². The number of hydrogen-bond donors (Lipinski definition) is 2. The summed E-state index contributed by atoms with van der Waals surface area (Å²) >= 11 is 0. The van der Waals surface area contributed by atoms with Crippen molar-refractivity contribution >= 4 is 5.69 Å². The second-order valence-corrected chi connectivity index (χ2v) is 5.88. The summed E-state index contributed by atoms with van der Waals surface area (Å²) in [6.07, 6.45) is 0. The standard InChI is InChI=1S/C15H26N2/c1-12(2)13-6-8-14(9-7-13)16-10-11-17-15(3,4)5/h6-9,12,16-17H,10-11H2,1-5H3. The van der Waals surface area contributed by atoms with Crippen molar-refractivity contribution in [1.29, 1.82) is 0 Å². The van der Waals surface area contributed by atoms with E-state index in [2.05, 4.69) is 69.5 Å². The molecule has 96 valence electrons. The summed E-state index contributed by atoms with van der Waals surface area (Å²) in [4.78, 5) is 0. The van der Waals surface area contributed by atoms with Crippen LogP contribution in [0.25, 0.3) is 0 Å². The van der Waals surface area contributed by atoms with Gasteiger partial charge in [-0.05, 0) is 44.4 Å². The molecule has 1 rings (SSSR count). The summed E-state index contributed by atoms with van der Waals surface area (Å²) in [6, 6.07) is 8.72. The zero-order chi connectivity index (χ0) is 12.9. The molecule has 2 nitrogen and oxygen atoms in total. The molecule has 0 aromatic heterocycles. The summed E-state index contributed by atoms with van der Waals surface area (Å²) < 4.78 is 0. The summed E-state index contributed by atoms with van der Waals surface area (Å²) in [5.74, 6) is 0.603. The molecule has 0 aliphatic rings. The van der Waals surface area contributed by atoms with Crippen molar-refractivity contribution in [1.82, 2.24) is 5.32 Å². The zero-order valence-corrected chi connectivity index (χ0v) is 11.8. The molecule has 0 saturated heterocycles. The number of anilines is 1. The van der Waals surface area contributed by atoms with Gasteiger partial charge in [-0.1, -0.05) is 26.0 Å². The van der Waals surface area contributed by atoms with Crippen LogP contribution in [0.15, 0.2) is 24.3 Å². The molecule has 0 amide bonds. The molecule has 0 saturated carbocycles. The van der Waals surface area contributed by atoms with E-state index < -0.39 is 0 Å². The Labute approximate surface area is 106 Å². The van der Waals surface area contributed by atoms with Crippen LogP contribution in [0, 0.1) is 0 Å². The first kappa shape index (κ1) is 14.0. The smallest absolute Gasteiger partial charge is 0.0340 e. The molecule has 1 aromatic rings. The topological polar surface area (TPSA) is 24.1 Å². The van der Waals surface area contributed by atoms with Crippen LogP contribution in [0.4, 0.5) is 5.69 Å². The maximum absolute atomic E-state index is 3.46. The molecular weight excluding hydrogens is 208 g/mol. The van der Waals surface area contributed by atoms with E-state index in [-0.39, 0.29) is 5.54 Å². The summed E-state index contributed by atoms with van der Waals surface area (Å²) in [5, 5.41) is 6.88. The van der Waals surface area contributed by atoms with E-state index in [1.807, 2.05) is 0 Å². The minimum atomic E-state index is 0.198. The Balaban J connectivity index is 2.33. The lowest BCUT2D eigenvalue weighted by Crippen LogP contribution is -2.38. The highest BCUT2D eigenvalue weighted by Crippen LogP contribution is 2.16. The molecule has 0 atom stereocenters. The molecule has 0 heterocycles. The molecule has 0 spiro atoms. The molecule has 0 radical (unpaired) electrons. The molecule has 0 aliphatic carbocycles. The number of hydrogen-bond acceptors (Lipinski definition) is 2. The van der Waals surface area contributed by atoms with Gasteiger partial charge < -0.3 is 10.6 Å². The molecule has 17 heavy (non-hydrogen) atoms. The Bertz CT molecular complexity index is 320. The molecule has 0 aliphatic heterocycles. The molecule has 2 N–H and O–H groups in total. The fourth-order valence-corrected chi connectivity index (χ4v) is 1.63. The molecular formula is C15H26N2. The van der Waals surface area contributed by atoms with Crippen LogP contribution in [-0.4, -0.2) is 18.6 Å². The van der Waals surface area contributed by atoms with Gasteiger partial charge in [0.2, 0.25) is 0 Å². The van der Waals surface area contributed by atoms with Gasteiger partial charge in [0.25, 0.3) is 0 Å². The summed E-state index contributed by atoms with van der Waals surface area (Å²) in [6.45, 7) is 12.9. The lowest BCUT2D eigenvalue weighted by molar-refractivity contribution is 0.435. The third kappa shape index (κ3) is 5.73. The first-order valence-electron chi connectivity index (χ1n) is 6.47. The minimum absolute atomic E-state index is 0.198. The fourth-order valence-electron chi connectivity index (χ4n) is 1.63. The van der Waals surface area contributed by atoms with Gasteiger partial charge in [0.05, 0.1) is 0 Å². The SMILES string of the molecule is CC(C)c1ccc(NCCNC(C)(C)C)cc1. The Morgan fingerprint density at radius 1 is 1.00 bits per heavy atom. The van der Waals surface area contributed by atoms with Gasteiger partial charge in [-0.25, -0.2) is 0 Å². The molecule has 0 unspecified atom stereocenters. The number of benzene rings is 1. The predicted octanol–water partition coefficient (Wildman–Crippen LogP) is 3.61. The number of rotatable bonds is 5. The lowest BCUT2D eigenvalue weighted by atomic mass is 10.0. The van der Waals surface area contributed by atoms with Crippen molar-refractivity contribution in [2.75, 3.05) is 18.4 Å². The van der Waals surface area contributed by atoms with Crippen LogP contribution in [0.1, 0.15) is 46.1 Å². The van der Waals surface area contributed by atoms with Gasteiger partial charge in [0, 0.05) is 24.3 Å². The van der Waals surface area contributed by atoms with Crippen molar-refractivity contribution in [3.8, 4) is 0 Å². The average molecular weight is 234 g/mol. The van der Waals surface area contributed by atoms with Gasteiger partial charge in [0.15, 0.2) is 0 Å². The third-order valence-electron chi connectivity index (χ3n) is 2.69. The van der Waals surface area contributed by atoms with Crippen LogP contribution >= 0.6 is 0 Å². The Morgan fingerprint density at radius 2 is 1.59 bits per heavy atom. The first-order chi connectivity index (χ1) is 7.88. The highest BCUT2D eigenvalue weighted by molar-refractivity contribution is 5.45. The van der Waals surface area contributed by atoms with Crippen molar-refractivity contribution < 1.29 is 0 Å². The maximum atomic E-state index is 3.46. The van der Waals surface area contributed by atoms with E-state index in [1.54, 1.807) is 0 Å². The summed E-state index contributed by atoms with van der Waals surface area (Å²) in [7, 11) is 0. The Hall–Kier alpha value is -1.02. The van der Waals surface area contributed by atoms with Crippen LogP contribution in [0.2, 0.25) is 0 Å². The first-order valence-corrected chi connectivity index (χ1v) is 6.47. The van der Waals surface area contributed by atoms with Crippen molar-refractivity contribution in [2.24, 2.45) is 0 Å². The highest BCUT2D eigenvalue weighted by Gasteiger charge is 2.06. The molecule has 1 aromatic carbocycles. The molecule has 0 fully saturated rings. The van der Waals surface area contributed by atoms with E-state index in [4.69, 9.17) is 0 Å². The van der Waals surface area contributed by atoms with E-state index >= 15 is 0 Å². The lowest BCUT2D eigenvalue weighted by Gasteiger charge is -2.20. The van der Waals surface area contributed by atoms with Crippen LogP contribution in [-0.2, 0) is 0 Å². The minimum Gasteiger partial charge on any atom is -0.384 e. The highest BCUT2D eigenvalue weighted by atomic mass is 15.0. The fraction of sp³-hybridized carbons (Fsp3) is 0.600. The molecule has 0 bridgehead atoms. The van der Waals surface area contributed by atoms with Crippen LogP contribution < -0.4 is 10.6 Å². The van der Waals surface area contributed by atoms with Crippen LogP contribution in [0.3, 0.4) is 0 Å². The quantitative estimate of drug-likeness (QED) is 0.761. The molecule has 2 heteroatoms. The number of nitrogens with one attached hydrogen (secondary N) is 2. The third-order valence-corrected chi connectivity index (χ3v) is 2.69.